The van der Waals surface area contributed by atoms with E-state index in [1.807, 2.05) is 34.6 Å². The average Bonchev–Trinajstić information content (AvgIpc) is 2.40. The van der Waals surface area contributed by atoms with E-state index in [1.165, 1.54) is 5.56 Å². The molecule has 1 heterocycles. The number of methoxy groups -OCH3 is 1. The zero-order chi connectivity index (χ0) is 15.9. The van der Waals surface area contributed by atoms with E-state index in [1.54, 1.807) is 7.11 Å². The fourth-order valence-corrected chi connectivity index (χ4v) is 2.31. The number of nitrogens with zero attached hydrogens (tertiary/aromatic N) is 2. The lowest BCUT2D eigenvalue weighted by Gasteiger charge is -2.24. The lowest BCUT2D eigenvalue weighted by Crippen LogP contribution is -2.27. The summed E-state index contributed by atoms with van der Waals surface area (Å²) < 4.78 is 10.8. The number of nitrogens with one attached hydrogen (secondary N) is 1. The molecule has 0 amide bonds. The standard InChI is InChI=1S/C16H29N3O2/c1-7-21-16(4,5)15-18-12(2)14(13(3)19-15)8-9-17-10-11-20-6/h17H,7-11H2,1-6H3. The van der Waals surface area contributed by atoms with E-state index in [0.29, 0.717) is 6.61 Å². The van der Waals surface area contributed by atoms with Crippen molar-refractivity contribution in [3.8, 4) is 0 Å². The third-order valence-electron chi connectivity index (χ3n) is 3.50. The van der Waals surface area contributed by atoms with Gasteiger partial charge in [0.15, 0.2) is 5.82 Å². The summed E-state index contributed by atoms with van der Waals surface area (Å²) in [6.07, 6.45) is 0.927. The summed E-state index contributed by atoms with van der Waals surface area (Å²) in [5, 5.41) is 3.35. The van der Waals surface area contributed by atoms with Gasteiger partial charge in [0.2, 0.25) is 0 Å². The van der Waals surface area contributed by atoms with E-state index in [4.69, 9.17) is 9.47 Å². The first-order valence-corrected chi connectivity index (χ1v) is 7.60. The van der Waals surface area contributed by atoms with Gasteiger partial charge in [-0.25, -0.2) is 9.97 Å². The van der Waals surface area contributed by atoms with Gasteiger partial charge in [-0.1, -0.05) is 0 Å². The highest BCUT2D eigenvalue weighted by Crippen LogP contribution is 2.23. The van der Waals surface area contributed by atoms with Gasteiger partial charge in [0, 0.05) is 31.6 Å². The number of ether oxygens (including phenoxy) is 2. The van der Waals surface area contributed by atoms with Crippen molar-refractivity contribution in [1.29, 1.82) is 0 Å². The summed E-state index contributed by atoms with van der Waals surface area (Å²) in [7, 11) is 1.71. The van der Waals surface area contributed by atoms with E-state index >= 15 is 0 Å². The second-order valence-electron chi connectivity index (χ2n) is 5.63. The fourth-order valence-electron chi connectivity index (χ4n) is 2.31. The molecule has 1 aromatic rings. The molecule has 0 aliphatic heterocycles. The van der Waals surface area contributed by atoms with Gasteiger partial charge in [0.25, 0.3) is 0 Å². The smallest absolute Gasteiger partial charge is 0.160 e. The third-order valence-corrected chi connectivity index (χ3v) is 3.50. The minimum atomic E-state index is -0.445. The van der Waals surface area contributed by atoms with Crippen LogP contribution in [0.1, 0.15) is 43.5 Å². The molecule has 0 aliphatic carbocycles. The summed E-state index contributed by atoms with van der Waals surface area (Å²) >= 11 is 0. The molecule has 0 aliphatic rings. The number of hydrogen-bond donors (Lipinski definition) is 1. The summed E-state index contributed by atoms with van der Waals surface area (Å²) in [6, 6.07) is 0. The van der Waals surface area contributed by atoms with Crippen molar-refractivity contribution >= 4 is 0 Å². The van der Waals surface area contributed by atoms with Crippen LogP contribution in [0.25, 0.3) is 0 Å². The third kappa shape index (κ3) is 5.34. The Kier molecular flexibility index (Phi) is 7.22. The Hall–Kier alpha value is -1.04. The molecule has 1 aromatic heterocycles. The molecule has 0 saturated heterocycles. The van der Waals surface area contributed by atoms with Crippen molar-refractivity contribution < 1.29 is 9.47 Å². The van der Waals surface area contributed by atoms with Crippen LogP contribution in [0.3, 0.4) is 0 Å². The zero-order valence-corrected chi connectivity index (χ0v) is 14.2. The molecule has 0 bridgehead atoms. The van der Waals surface area contributed by atoms with Gasteiger partial charge >= 0.3 is 0 Å². The predicted octanol–water partition coefficient (Wildman–Crippen LogP) is 2.14. The van der Waals surface area contributed by atoms with Crippen LogP contribution in [-0.2, 0) is 21.5 Å². The molecule has 120 valence electrons. The molecular formula is C16H29N3O2. The maximum absolute atomic E-state index is 5.74. The topological polar surface area (TPSA) is 56.3 Å². The van der Waals surface area contributed by atoms with Crippen LogP contribution in [0.4, 0.5) is 0 Å². The normalized spacial score (nSPS) is 11.9. The molecule has 0 unspecified atom stereocenters. The van der Waals surface area contributed by atoms with Crippen LogP contribution in [0.5, 0.6) is 0 Å². The van der Waals surface area contributed by atoms with E-state index in [2.05, 4.69) is 15.3 Å². The second kappa shape index (κ2) is 8.41. The summed E-state index contributed by atoms with van der Waals surface area (Å²) in [5.41, 5.74) is 2.85. The Labute approximate surface area is 128 Å². The van der Waals surface area contributed by atoms with Gasteiger partial charge in [-0.15, -0.1) is 0 Å². The Morgan fingerprint density at radius 3 is 2.24 bits per heavy atom. The quantitative estimate of drug-likeness (QED) is 0.707. The highest BCUT2D eigenvalue weighted by Gasteiger charge is 2.25. The number of aromatic nitrogens is 2. The lowest BCUT2D eigenvalue weighted by atomic mass is 10.1. The van der Waals surface area contributed by atoms with Gasteiger partial charge in [-0.05, 0) is 53.1 Å². The molecule has 0 spiro atoms. The lowest BCUT2D eigenvalue weighted by molar-refractivity contribution is -0.0210. The molecular weight excluding hydrogens is 266 g/mol. The summed E-state index contributed by atoms with van der Waals surface area (Å²) in [6.45, 7) is 13.3. The van der Waals surface area contributed by atoms with Crippen molar-refractivity contribution in [1.82, 2.24) is 15.3 Å². The highest BCUT2D eigenvalue weighted by molar-refractivity contribution is 5.25. The van der Waals surface area contributed by atoms with E-state index in [-0.39, 0.29) is 0 Å². The maximum Gasteiger partial charge on any atom is 0.160 e. The van der Waals surface area contributed by atoms with Crippen LogP contribution >= 0.6 is 0 Å². The van der Waals surface area contributed by atoms with Crippen LogP contribution in [0, 0.1) is 13.8 Å². The average molecular weight is 295 g/mol. The Balaban J connectivity index is 2.76. The molecule has 0 atom stereocenters. The first-order chi connectivity index (χ1) is 9.92. The maximum atomic E-state index is 5.74. The van der Waals surface area contributed by atoms with Crippen LogP contribution in [0.15, 0.2) is 0 Å². The first-order valence-electron chi connectivity index (χ1n) is 7.60. The summed E-state index contributed by atoms with van der Waals surface area (Å²) in [5.74, 6) is 0.760. The molecule has 1 rings (SSSR count). The largest absolute Gasteiger partial charge is 0.383 e. The number of rotatable bonds is 9. The Morgan fingerprint density at radius 2 is 1.71 bits per heavy atom. The molecule has 5 heteroatoms. The minimum Gasteiger partial charge on any atom is -0.383 e. The second-order valence-corrected chi connectivity index (χ2v) is 5.63. The van der Waals surface area contributed by atoms with E-state index < -0.39 is 5.60 Å². The molecule has 0 aromatic carbocycles. The molecule has 5 nitrogen and oxygen atoms in total. The van der Waals surface area contributed by atoms with E-state index in [0.717, 1.165) is 43.3 Å². The number of aryl methyl sites for hydroxylation is 2. The van der Waals surface area contributed by atoms with Crippen molar-refractivity contribution in [3.05, 3.63) is 22.8 Å². The van der Waals surface area contributed by atoms with Crippen LogP contribution in [-0.4, -0.2) is 43.4 Å². The minimum absolute atomic E-state index is 0.445. The fraction of sp³-hybridized carbons (Fsp3) is 0.750. The predicted molar refractivity (Wildman–Crippen MR) is 84.6 cm³/mol. The van der Waals surface area contributed by atoms with Crippen LogP contribution < -0.4 is 5.32 Å². The van der Waals surface area contributed by atoms with Gasteiger partial charge in [-0.3, -0.25) is 0 Å². The summed E-state index contributed by atoms with van der Waals surface area (Å²) in [4.78, 5) is 9.30. The first kappa shape index (κ1) is 18.0. The van der Waals surface area contributed by atoms with Crippen molar-refractivity contribution in [2.45, 2.75) is 46.6 Å². The van der Waals surface area contributed by atoms with Gasteiger partial charge < -0.3 is 14.8 Å². The van der Waals surface area contributed by atoms with Gasteiger partial charge in [0.05, 0.1) is 6.61 Å². The SMILES string of the molecule is CCOC(C)(C)c1nc(C)c(CCNCCOC)c(C)n1. The van der Waals surface area contributed by atoms with E-state index in [9.17, 15) is 0 Å². The Morgan fingerprint density at radius 1 is 1.10 bits per heavy atom. The molecule has 0 saturated carbocycles. The van der Waals surface area contributed by atoms with Crippen molar-refractivity contribution in [2.75, 3.05) is 33.4 Å². The van der Waals surface area contributed by atoms with Gasteiger partial charge in [-0.2, -0.15) is 0 Å². The zero-order valence-electron chi connectivity index (χ0n) is 14.2. The van der Waals surface area contributed by atoms with Crippen molar-refractivity contribution in [3.63, 3.8) is 0 Å². The molecule has 1 N–H and O–H groups in total. The Bertz CT molecular complexity index is 424. The molecule has 0 radical (unpaired) electrons. The van der Waals surface area contributed by atoms with Crippen molar-refractivity contribution in [2.24, 2.45) is 0 Å². The monoisotopic (exact) mass is 295 g/mol. The van der Waals surface area contributed by atoms with Crippen LogP contribution in [0.2, 0.25) is 0 Å². The molecule has 0 fully saturated rings. The molecule has 21 heavy (non-hydrogen) atoms. The highest BCUT2D eigenvalue weighted by atomic mass is 16.5. The number of hydrogen-bond acceptors (Lipinski definition) is 5. The van der Waals surface area contributed by atoms with Gasteiger partial charge in [0.1, 0.15) is 5.60 Å².